The number of nitrogens with one attached hydrogen (secondary N) is 1. The van der Waals surface area contributed by atoms with Gasteiger partial charge in [-0.05, 0) is 25.7 Å². The first-order chi connectivity index (χ1) is 8.72. The number of aliphatic imine (C=N–C) groups is 1. The first kappa shape index (κ1) is 18.5. The van der Waals surface area contributed by atoms with Crippen molar-refractivity contribution in [1.29, 1.82) is 0 Å². The molecule has 0 aromatic heterocycles. The molecule has 1 fully saturated rings. The van der Waals surface area contributed by atoms with E-state index in [2.05, 4.69) is 15.0 Å². The summed E-state index contributed by atoms with van der Waals surface area (Å²) in [5, 5.41) is 3.16. The summed E-state index contributed by atoms with van der Waals surface area (Å²) >= 11 is 0. The van der Waals surface area contributed by atoms with Gasteiger partial charge in [-0.3, -0.25) is 9.79 Å². The summed E-state index contributed by atoms with van der Waals surface area (Å²) in [4.78, 5) is 15.1. The van der Waals surface area contributed by atoms with Crippen molar-refractivity contribution in [3.8, 4) is 0 Å². The van der Waals surface area contributed by atoms with Crippen molar-refractivity contribution in [2.24, 2.45) is 10.7 Å². The van der Waals surface area contributed by atoms with Crippen LogP contribution < -0.4 is 11.1 Å². The Morgan fingerprint density at radius 1 is 1.26 bits per heavy atom. The summed E-state index contributed by atoms with van der Waals surface area (Å²) in [5.41, 5.74) is 5.71. The third kappa shape index (κ3) is 11.0. The van der Waals surface area contributed by atoms with Gasteiger partial charge < -0.3 is 15.8 Å². The van der Waals surface area contributed by atoms with Crippen molar-refractivity contribution in [3.05, 3.63) is 0 Å². The molecule has 1 saturated carbocycles. The van der Waals surface area contributed by atoms with Gasteiger partial charge in [-0.1, -0.05) is 19.3 Å². The largest absolute Gasteiger partial charge is 0.469 e. The van der Waals surface area contributed by atoms with Crippen molar-refractivity contribution in [2.45, 2.75) is 57.4 Å². The highest BCUT2D eigenvalue weighted by Gasteiger charge is 2.21. The Morgan fingerprint density at radius 2 is 1.89 bits per heavy atom. The number of methoxy groups -OCH3 is 1. The van der Waals surface area contributed by atoms with Gasteiger partial charge in [0.25, 0.3) is 0 Å². The minimum absolute atomic E-state index is 0. The quantitative estimate of drug-likeness (QED) is 0.210. The number of ether oxygens (including phenoxy) is 1. The number of nitrogens with two attached hydrogens (primary N) is 1. The van der Waals surface area contributed by atoms with Gasteiger partial charge in [0.2, 0.25) is 0 Å². The third-order valence-corrected chi connectivity index (χ3v) is 2.98. The number of rotatable bonds is 9. The second-order valence-electron chi connectivity index (χ2n) is 4.78. The fourth-order valence-electron chi connectivity index (χ4n) is 1.70. The average molecular weight is 383 g/mol. The average Bonchev–Trinajstić information content (AvgIpc) is 3.16. The minimum atomic E-state index is -0.112. The van der Waals surface area contributed by atoms with Crippen LogP contribution >= 0.6 is 24.0 Å². The van der Waals surface area contributed by atoms with E-state index in [0.717, 1.165) is 38.6 Å². The molecule has 0 amide bonds. The summed E-state index contributed by atoms with van der Waals surface area (Å²) in [7, 11) is 1.43. The van der Waals surface area contributed by atoms with Gasteiger partial charge in [0.05, 0.1) is 7.11 Å². The summed E-state index contributed by atoms with van der Waals surface area (Å²) in [6.07, 6.45) is 8.31. The molecule has 0 unspecified atom stereocenters. The molecule has 3 N–H and O–H groups in total. The van der Waals surface area contributed by atoms with Crippen LogP contribution in [0.5, 0.6) is 0 Å². The minimum Gasteiger partial charge on any atom is -0.469 e. The fourth-order valence-corrected chi connectivity index (χ4v) is 1.70. The van der Waals surface area contributed by atoms with E-state index in [1.54, 1.807) is 0 Å². The standard InChI is InChI=1S/C13H25N3O2.HI/c1-18-12(17)7-5-3-2-4-6-10-15-13(14)16-11-8-9-11;/h11H,2-10H2,1H3,(H3,14,15,16);1H. The number of halogens is 1. The number of hydrogen-bond acceptors (Lipinski definition) is 3. The highest BCUT2D eigenvalue weighted by Crippen LogP contribution is 2.17. The van der Waals surface area contributed by atoms with E-state index in [1.165, 1.54) is 20.0 Å². The first-order valence-corrected chi connectivity index (χ1v) is 6.85. The summed E-state index contributed by atoms with van der Waals surface area (Å²) in [6.45, 7) is 0.794. The molecule has 112 valence electrons. The first-order valence-electron chi connectivity index (χ1n) is 6.85. The highest BCUT2D eigenvalue weighted by molar-refractivity contribution is 14.0. The lowest BCUT2D eigenvalue weighted by molar-refractivity contribution is -0.140. The molecule has 5 nitrogen and oxygen atoms in total. The zero-order valence-electron chi connectivity index (χ0n) is 11.7. The molecular weight excluding hydrogens is 357 g/mol. The topological polar surface area (TPSA) is 76.7 Å². The lowest BCUT2D eigenvalue weighted by atomic mass is 10.1. The maximum Gasteiger partial charge on any atom is 0.305 e. The van der Waals surface area contributed by atoms with Crippen molar-refractivity contribution >= 4 is 35.9 Å². The Kier molecular flexibility index (Phi) is 11.0. The monoisotopic (exact) mass is 383 g/mol. The van der Waals surface area contributed by atoms with E-state index >= 15 is 0 Å². The molecular formula is C13H26IN3O2. The normalized spacial score (nSPS) is 14.7. The molecule has 0 heterocycles. The molecule has 1 rings (SSSR count). The Hall–Kier alpha value is -0.530. The molecule has 19 heavy (non-hydrogen) atoms. The van der Waals surface area contributed by atoms with Crippen LogP contribution in [0.1, 0.15) is 51.4 Å². The lowest BCUT2D eigenvalue weighted by Gasteiger charge is -2.03. The van der Waals surface area contributed by atoms with Gasteiger partial charge in [-0.25, -0.2) is 0 Å². The Labute approximate surface area is 132 Å². The predicted molar refractivity (Wildman–Crippen MR) is 87.8 cm³/mol. The number of guanidine groups is 1. The zero-order valence-corrected chi connectivity index (χ0v) is 14.0. The molecule has 0 atom stereocenters. The second kappa shape index (κ2) is 11.3. The van der Waals surface area contributed by atoms with Crippen LogP contribution in [-0.4, -0.2) is 31.6 Å². The van der Waals surface area contributed by atoms with Crippen molar-refractivity contribution in [1.82, 2.24) is 5.32 Å². The summed E-state index contributed by atoms with van der Waals surface area (Å²) in [5.74, 6) is 0.474. The van der Waals surface area contributed by atoms with Gasteiger partial charge in [-0.15, -0.1) is 24.0 Å². The zero-order chi connectivity index (χ0) is 13.2. The van der Waals surface area contributed by atoms with Gasteiger partial charge in [0, 0.05) is 19.0 Å². The van der Waals surface area contributed by atoms with E-state index in [0.29, 0.717) is 18.4 Å². The number of carbonyl (C=O) groups is 1. The predicted octanol–water partition coefficient (Wildman–Crippen LogP) is 2.18. The summed E-state index contributed by atoms with van der Waals surface area (Å²) in [6, 6.07) is 0.576. The van der Waals surface area contributed by atoms with Gasteiger partial charge in [0.15, 0.2) is 5.96 Å². The Balaban J connectivity index is 0.00000324. The van der Waals surface area contributed by atoms with Crippen molar-refractivity contribution in [3.63, 3.8) is 0 Å². The molecule has 0 radical (unpaired) electrons. The second-order valence-corrected chi connectivity index (χ2v) is 4.78. The van der Waals surface area contributed by atoms with Crippen LogP contribution in [-0.2, 0) is 9.53 Å². The molecule has 0 aromatic carbocycles. The van der Waals surface area contributed by atoms with E-state index in [-0.39, 0.29) is 29.9 Å². The Bertz CT molecular complexity index is 281. The van der Waals surface area contributed by atoms with E-state index in [9.17, 15) is 4.79 Å². The third-order valence-electron chi connectivity index (χ3n) is 2.98. The molecule has 1 aliphatic rings. The van der Waals surface area contributed by atoms with Gasteiger partial charge >= 0.3 is 5.97 Å². The lowest BCUT2D eigenvalue weighted by Crippen LogP contribution is -2.33. The van der Waals surface area contributed by atoms with Gasteiger partial charge in [-0.2, -0.15) is 0 Å². The number of unbranched alkanes of at least 4 members (excludes halogenated alkanes) is 4. The molecule has 0 aromatic rings. The highest BCUT2D eigenvalue weighted by atomic mass is 127. The van der Waals surface area contributed by atoms with Crippen LogP contribution in [0.25, 0.3) is 0 Å². The maximum atomic E-state index is 10.9. The van der Waals surface area contributed by atoms with E-state index in [4.69, 9.17) is 5.73 Å². The summed E-state index contributed by atoms with van der Waals surface area (Å²) < 4.78 is 4.58. The molecule has 0 bridgehead atoms. The number of hydrogen-bond donors (Lipinski definition) is 2. The van der Waals surface area contributed by atoms with Crippen LogP contribution in [0.4, 0.5) is 0 Å². The van der Waals surface area contributed by atoms with Crippen LogP contribution in [0.2, 0.25) is 0 Å². The molecule has 6 heteroatoms. The fraction of sp³-hybridized carbons (Fsp3) is 0.846. The van der Waals surface area contributed by atoms with Crippen molar-refractivity contribution < 1.29 is 9.53 Å². The smallest absolute Gasteiger partial charge is 0.305 e. The van der Waals surface area contributed by atoms with Crippen LogP contribution in [0.3, 0.4) is 0 Å². The van der Waals surface area contributed by atoms with E-state index < -0.39 is 0 Å². The number of nitrogens with zero attached hydrogens (tertiary/aromatic N) is 1. The maximum absolute atomic E-state index is 10.9. The number of carbonyl (C=O) groups excluding carboxylic acids is 1. The molecule has 1 aliphatic carbocycles. The molecule has 0 aliphatic heterocycles. The van der Waals surface area contributed by atoms with Gasteiger partial charge in [0.1, 0.15) is 0 Å². The molecule has 0 saturated heterocycles. The molecule has 0 spiro atoms. The SMILES string of the molecule is COC(=O)CCCCCCCN=C(N)NC1CC1.I. The van der Waals surface area contributed by atoms with Crippen LogP contribution in [0, 0.1) is 0 Å². The van der Waals surface area contributed by atoms with Crippen LogP contribution in [0.15, 0.2) is 4.99 Å². The van der Waals surface area contributed by atoms with Crippen molar-refractivity contribution in [2.75, 3.05) is 13.7 Å². The van der Waals surface area contributed by atoms with E-state index in [1.807, 2.05) is 0 Å². The number of esters is 1. The Morgan fingerprint density at radius 3 is 2.53 bits per heavy atom.